The molecule has 0 heterocycles. The van der Waals surface area contributed by atoms with Crippen LogP contribution in [0.2, 0.25) is 10.0 Å². The number of hydrogen-bond acceptors (Lipinski definition) is 2. The Hall–Kier alpha value is -2.04. The van der Waals surface area contributed by atoms with Crippen LogP contribution in [0.5, 0.6) is 0 Å². The van der Waals surface area contributed by atoms with Crippen molar-refractivity contribution < 1.29 is 4.79 Å². The summed E-state index contributed by atoms with van der Waals surface area (Å²) in [7, 11) is 0. The number of carbonyl (C=O) groups is 1. The second kappa shape index (κ2) is 7.02. The van der Waals surface area contributed by atoms with E-state index in [1.807, 2.05) is 12.1 Å². The molecule has 0 aliphatic rings. The summed E-state index contributed by atoms with van der Waals surface area (Å²) in [6.07, 6.45) is 0. The molecule has 2 rings (SSSR count). The van der Waals surface area contributed by atoms with Gasteiger partial charge in [0, 0.05) is 0 Å². The van der Waals surface area contributed by atoms with Crippen LogP contribution in [0, 0.1) is 5.41 Å². The normalized spacial score (nSPS) is 10.7. The molecule has 4 nitrogen and oxygen atoms in total. The van der Waals surface area contributed by atoms with E-state index in [4.69, 9.17) is 34.3 Å². The zero-order chi connectivity index (χ0) is 17.1. The third kappa shape index (κ3) is 3.66. The summed E-state index contributed by atoms with van der Waals surface area (Å²) < 4.78 is 0. The van der Waals surface area contributed by atoms with E-state index < -0.39 is 5.91 Å². The molecule has 0 saturated carbocycles. The minimum absolute atomic E-state index is 0.143. The zero-order valence-corrected chi connectivity index (χ0v) is 14.3. The average Bonchev–Trinajstić information content (AvgIpc) is 2.50. The van der Waals surface area contributed by atoms with Gasteiger partial charge in [0.2, 0.25) is 0 Å². The van der Waals surface area contributed by atoms with Gasteiger partial charge in [-0.2, -0.15) is 0 Å². The number of guanidine groups is 1. The van der Waals surface area contributed by atoms with Gasteiger partial charge in [0.1, 0.15) is 0 Å². The third-order valence-corrected chi connectivity index (χ3v) is 4.26. The monoisotopic (exact) mass is 349 g/mol. The molecule has 120 valence electrons. The maximum Gasteiger partial charge on any atom is 0.266 e. The summed E-state index contributed by atoms with van der Waals surface area (Å²) in [5, 5.41) is 8.15. The summed E-state index contributed by atoms with van der Waals surface area (Å²) >= 11 is 12.1. The Morgan fingerprint density at radius 2 is 1.74 bits per heavy atom. The number of nitrogens with one attached hydrogen (secondary N) is 1. The van der Waals surface area contributed by atoms with Gasteiger partial charge >= 0.3 is 0 Å². The van der Waals surface area contributed by atoms with Gasteiger partial charge in [0.15, 0.2) is 5.96 Å². The predicted octanol–water partition coefficient (Wildman–Crippen LogP) is 4.66. The second-order valence-electron chi connectivity index (χ2n) is 5.37. The van der Waals surface area contributed by atoms with E-state index in [0.29, 0.717) is 11.6 Å². The van der Waals surface area contributed by atoms with E-state index in [9.17, 15) is 4.79 Å². The molecule has 0 radical (unpaired) electrons. The average molecular weight is 350 g/mol. The van der Waals surface area contributed by atoms with Crippen molar-refractivity contribution in [3.8, 4) is 0 Å². The molecule has 1 amide bonds. The summed E-state index contributed by atoms with van der Waals surface area (Å²) in [6, 6.07) is 12.1. The Labute approximate surface area is 145 Å². The van der Waals surface area contributed by atoms with Crippen LogP contribution in [-0.2, 0) is 0 Å². The van der Waals surface area contributed by atoms with Crippen molar-refractivity contribution in [1.82, 2.24) is 0 Å². The Kier molecular flexibility index (Phi) is 5.29. The molecular formula is C17H17Cl2N3O. The summed E-state index contributed by atoms with van der Waals surface area (Å²) in [5.74, 6) is -0.515. The van der Waals surface area contributed by atoms with E-state index in [-0.39, 0.29) is 21.6 Å². The number of amides is 1. The lowest BCUT2D eigenvalue weighted by Crippen LogP contribution is -2.41. The molecule has 0 saturated heterocycles. The van der Waals surface area contributed by atoms with E-state index in [1.54, 1.807) is 30.3 Å². The molecule has 0 fully saturated rings. The first kappa shape index (κ1) is 17.3. The third-order valence-electron chi connectivity index (χ3n) is 3.44. The van der Waals surface area contributed by atoms with Crippen molar-refractivity contribution in [2.45, 2.75) is 19.8 Å². The van der Waals surface area contributed by atoms with Gasteiger partial charge in [-0.1, -0.05) is 55.2 Å². The van der Waals surface area contributed by atoms with Crippen molar-refractivity contribution >= 4 is 40.8 Å². The molecule has 0 unspecified atom stereocenters. The quantitative estimate of drug-likeness (QED) is 0.624. The van der Waals surface area contributed by atoms with Crippen LogP contribution in [0.4, 0.5) is 5.69 Å². The van der Waals surface area contributed by atoms with Gasteiger partial charge in [0.25, 0.3) is 5.91 Å². The fraction of sp³-hybridized carbons (Fsp3) is 0.176. The highest BCUT2D eigenvalue weighted by atomic mass is 35.5. The maximum atomic E-state index is 12.7. The largest absolute Gasteiger partial charge is 0.369 e. The summed E-state index contributed by atoms with van der Waals surface area (Å²) in [4.78, 5) is 13.8. The van der Waals surface area contributed by atoms with E-state index in [0.717, 1.165) is 10.5 Å². The van der Waals surface area contributed by atoms with Gasteiger partial charge in [-0.25, -0.2) is 4.90 Å². The number of hydrogen-bond donors (Lipinski definition) is 2. The molecule has 2 aromatic carbocycles. The standard InChI is InChI=1S/C17H17Cl2N3O/c1-10(2)11-6-8-12(9-7-11)22(17(20)21)16(23)13-4-3-5-14(18)15(13)19/h3-10H,1-2H3,(H3,20,21). The Morgan fingerprint density at radius 1 is 1.13 bits per heavy atom. The lowest BCUT2D eigenvalue weighted by atomic mass is 10.0. The smallest absolute Gasteiger partial charge is 0.266 e. The number of rotatable bonds is 3. The minimum atomic E-state index is -0.498. The second-order valence-corrected chi connectivity index (χ2v) is 6.16. The molecule has 6 heteroatoms. The van der Waals surface area contributed by atoms with Gasteiger partial charge in [-0.15, -0.1) is 0 Å². The van der Waals surface area contributed by atoms with Crippen molar-refractivity contribution in [2.24, 2.45) is 5.73 Å². The van der Waals surface area contributed by atoms with Gasteiger partial charge < -0.3 is 5.73 Å². The zero-order valence-electron chi connectivity index (χ0n) is 12.8. The van der Waals surface area contributed by atoms with Gasteiger partial charge in [0.05, 0.1) is 21.3 Å². The molecule has 23 heavy (non-hydrogen) atoms. The highest BCUT2D eigenvalue weighted by molar-refractivity contribution is 6.44. The molecule has 2 aromatic rings. The SMILES string of the molecule is CC(C)c1ccc(N(C(=N)N)C(=O)c2cccc(Cl)c2Cl)cc1. The summed E-state index contributed by atoms with van der Waals surface area (Å²) in [6.45, 7) is 4.16. The topological polar surface area (TPSA) is 70.2 Å². The van der Waals surface area contributed by atoms with Crippen LogP contribution in [-0.4, -0.2) is 11.9 Å². The first-order valence-electron chi connectivity index (χ1n) is 7.05. The highest BCUT2D eigenvalue weighted by Gasteiger charge is 2.23. The Morgan fingerprint density at radius 3 is 2.26 bits per heavy atom. The molecule has 3 N–H and O–H groups in total. The molecule has 0 aliphatic heterocycles. The van der Waals surface area contributed by atoms with Crippen molar-refractivity contribution in [1.29, 1.82) is 5.41 Å². The predicted molar refractivity (Wildman–Crippen MR) is 95.7 cm³/mol. The molecule has 0 aliphatic carbocycles. The number of nitrogens with two attached hydrogens (primary N) is 1. The molecular weight excluding hydrogens is 333 g/mol. The maximum absolute atomic E-state index is 12.7. The van der Waals surface area contributed by atoms with Crippen LogP contribution in [0.3, 0.4) is 0 Å². The molecule has 0 bridgehead atoms. The van der Waals surface area contributed by atoms with Crippen LogP contribution in [0.1, 0.15) is 35.7 Å². The van der Waals surface area contributed by atoms with E-state index in [1.165, 1.54) is 0 Å². The van der Waals surface area contributed by atoms with Crippen molar-refractivity contribution in [3.05, 3.63) is 63.6 Å². The van der Waals surface area contributed by atoms with Crippen LogP contribution < -0.4 is 10.6 Å². The van der Waals surface area contributed by atoms with Crippen LogP contribution >= 0.6 is 23.2 Å². The number of nitrogens with zero attached hydrogens (tertiary/aromatic N) is 1. The number of anilines is 1. The fourth-order valence-electron chi connectivity index (χ4n) is 2.16. The Balaban J connectivity index is 2.44. The number of carbonyl (C=O) groups excluding carboxylic acids is 1. The summed E-state index contributed by atoms with van der Waals surface area (Å²) in [5.41, 5.74) is 7.43. The number of benzene rings is 2. The minimum Gasteiger partial charge on any atom is -0.369 e. The number of halogens is 2. The first-order chi connectivity index (χ1) is 10.8. The van der Waals surface area contributed by atoms with Crippen LogP contribution in [0.25, 0.3) is 0 Å². The van der Waals surface area contributed by atoms with Crippen molar-refractivity contribution in [2.75, 3.05) is 4.90 Å². The van der Waals surface area contributed by atoms with Gasteiger partial charge in [-0.3, -0.25) is 10.2 Å². The van der Waals surface area contributed by atoms with E-state index >= 15 is 0 Å². The highest BCUT2D eigenvalue weighted by Crippen LogP contribution is 2.28. The van der Waals surface area contributed by atoms with Crippen molar-refractivity contribution in [3.63, 3.8) is 0 Å². The molecule has 0 atom stereocenters. The lowest BCUT2D eigenvalue weighted by Gasteiger charge is -2.22. The lowest BCUT2D eigenvalue weighted by molar-refractivity contribution is 0.100. The Bertz CT molecular complexity index is 742. The van der Waals surface area contributed by atoms with Gasteiger partial charge in [-0.05, 0) is 35.7 Å². The van der Waals surface area contributed by atoms with E-state index in [2.05, 4.69) is 13.8 Å². The fourth-order valence-corrected chi connectivity index (χ4v) is 2.54. The van der Waals surface area contributed by atoms with Crippen LogP contribution in [0.15, 0.2) is 42.5 Å². The first-order valence-corrected chi connectivity index (χ1v) is 7.81. The molecule has 0 spiro atoms. The molecule has 0 aromatic heterocycles.